The molecular formula is C24H25NOP-. The van der Waals surface area contributed by atoms with E-state index in [9.17, 15) is 0 Å². The van der Waals surface area contributed by atoms with Crippen molar-refractivity contribution in [1.82, 2.24) is 0 Å². The average molecular weight is 374 g/mol. The molecule has 0 amide bonds. The van der Waals surface area contributed by atoms with Crippen LogP contribution in [0, 0.1) is 5.41 Å². The van der Waals surface area contributed by atoms with Gasteiger partial charge in [-0.25, -0.2) is 0 Å². The summed E-state index contributed by atoms with van der Waals surface area (Å²) in [5, 5.41) is 8.94. The highest BCUT2D eigenvalue weighted by molar-refractivity contribution is 7.77. The first-order valence-electron chi connectivity index (χ1n) is 9.41. The summed E-state index contributed by atoms with van der Waals surface area (Å²) in [4.78, 5) is 0. The number of hydrogen-bond donors (Lipinski definition) is 0. The van der Waals surface area contributed by atoms with Crippen LogP contribution in [0.2, 0.25) is 0 Å². The third-order valence-electron chi connectivity index (χ3n) is 4.94. The van der Waals surface area contributed by atoms with Crippen molar-refractivity contribution in [2.75, 3.05) is 6.61 Å². The van der Waals surface area contributed by atoms with E-state index in [1.807, 2.05) is 0 Å². The van der Waals surface area contributed by atoms with E-state index in [1.165, 1.54) is 15.9 Å². The second-order valence-electron chi connectivity index (χ2n) is 7.96. The smallest absolute Gasteiger partial charge is 0.0729 e. The van der Waals surface area contributed by atoms with Crippen molar-refractivity contribution in [3.8, 4) is 0 Å². The maximum absolute atomic E-state index is 6.06. The van der Waals surface area contributed by atoms with Gasteiger partial charge in [0, 0.05) is 11.5 Å². The first kappa shape index (κ1) is 18.1. The molecular weight excluding hydrogens is 349 g/mol. The van der Waals surface area contributed by atoms with Crippen LogP contribution in [0.25, 0.3) is 5.32 Å². The van der Waals surface area contributed by atoms with Crippen molar-refractivity contribution in [3.05, 3.63) is 101 Å². The average Bonchev–Trinajstić information content (AvgIpc) is 3.33. The van der Waals surface area contributed by atoms with Gasteiger partial charge in [0.2, 0.25) is 0 Å². The Morgan fingerprint density at radius 1 is 0.926 bits per heavy atom. The van der Waals surface area contributed by atoms with E-state index in [0.717, 1.165) is 11.5 Å². The van der Waals surface area contributed by atoms with Crippen molar-refractivity contribution >= 4 is 18.5 Å². The molecule has 1 unspecified atom stereocenters. The number of allylic oxidation sites excluding steroid dienone is 5. The second-order valence-corrected chi connectivity index (χ2v) is 10.1. The van der Waals surface area contributed by atoms with E-state index >= 15 is 0 Å². The minimum absolute atomic E-state index is 0.109. The van der Waals surface area contributed by atoms with Gasteiger partial charge in [-0.05, 0) is 29.3 Å². The molecule has 3 heteroatoms. The lowest BCUT2D eigenvalue weighted by atomic mass is 9.88. The predicted octanol–water partition coefficient (Wildman–Crippen LogP) is 5.60. The molecule has 138 valence electrons. The SMILES string of the molecule is CC(C)(C)C1COC(=C2C=CC=C2P(c2ccccc2)c2ccccc2)[N-]1. The molecule has 0 bridgehead atoms. The van der Waals surface area contributed by atoms with Gasteiger partial charge >= 0.3 is 0 Å². The lowest BCUT2D eigenvalue weighted by Gasteiger charge is -2.35. The molecule has 1 aliphatic carbocycles. The Morgan fingerprint density at radius 2 is 1.52 bits per heavy atom. The van der Waals surface area contributed by atoms with Gasteiger partial charge in [0.1, 0.15) is 0 Å². The number of benzene rings is 2. The van der Waals surface area contributed by atoms with E-state index < -0.39 is 7.92 Å². The fraction of sp³-hybridized carbons (Fsp3) is 0.250. The molecule has 1 fully saturated rings. The summed E-state index contributed by atoms with van der Waals surface area (Å²) in [5.74, 6) is 0.800. The van der Waals surface area contributed by atoms with Crippen LogP contribution < -0.4 is 10.6 Å². The second kappa shape index (κ2) is 7.37. The Morgan fingerprint density at radius 3 is 2.04 bits per heavy atom. The Balaban J connectivity index is 1.74. The van der Waals surface area contributed by atoms with Crippen molar-refractivity contribution in [2.24, 2.45) is 5.41 Å². The van der Waals surface area contributed by atoms with E-state index in [4.69, 9.17) is 10.1 Å². The number of ether oxygens (including phenoxy) is 1. The number of hydrogen-bond acceptors (Lipinski definition) is 1. The maximum atomic E-state index is 6.06. The molecule has 4 rings (SSSR count). The molecule has 1 atom stereocenters. The summed E-state index contributed by atoms with van der Waals surface area (Å²) in [6.07, 6.45) is 6.51. The minimum Gasteiger partial charge on any atom is -0.648 e. The zero-order valence-electron chi connectivity index (χ0n) is 16.1. The molecule has 1 saturated heterocycles. The Bertz CT molecular complexity index is 851. The van der Waals surface area contributed by atoms with Crippen LogP contribution in [-0.4, -0.2) is 12.6 Å². The molecule has 0 aromatic heterocycles. The van der Waals surface area contributed by atoms with Gasteiger partial charge in [0.25, 0.3) is 0 Å². The van der Waals surface area contributed by atoms with Crippen LogP contribution in [0.15, 0.2) is 95.7 Å². The lowest BCUT2D eigenvalue weighted by molar-refractivity contribution is 0.216. The van der Waals surface area contributed by atoms with Gasteiger partial charge in [-0.15, -0.1) is 0 Å². The van der Waals surface area contributed by atoms with Crippen molar-refractivity contribution in [1.29, 1.82) is 0 Å². The highest BCUT2D eigenvalue weighted by Gasteiger charge is 2.27. The summed E-state index contributed by atoms with van der Waals surface area (Å²) in [6.45, 7) is 7.33. The summed E-state index contributed by atoms with van der Waals surface area (Å²) in [7, 11) is -0.649. The fourth-order valence-corrected chi connectivity index (χ4v) is 5.77. The highest BCUT2D eigenvalue weighted by atomic mass is 31.1. The Labute approximate surface area is 163 Å². The summed E-state index contributed by atoms with van der Waals surface area (Å²) in [6, 6.07) is 21.7. The van der Waals surface area contributed by atoms with Crippen LogP contribution in [0.4, 0.5) is 0 Å². The summed E-state index contributed by atoms with van der Waals surface area (Å²) < 4.78 is 6.06. The molecule has 27 heavy (non-hydrogen) atoms. The molecule has 1 aliphatic heterocycles. The van der Waals surface area contributed by atoms with Crippen LogP contribution in [0.1, 0.15) is 20.8 Å². The quantitative estimate of drug-likeness (QED) is 0.641. The summed E-state index contributed by atoms with van der Waals surface area (Å²) in [5.41, 5.74) is 1.25. The zero-order valence-corrected chi connectivity index (χ0v) is 17.0. The van der Waals surface area contributed by atoms with E-state index in [1.54, 1.807) is 0 Å². The monoisotopic (exact) mass is 374 g/mol. The predicted molar refractivity (Wildman–Crippen MR) is 116 cm³/mol. The van der Waals surface area contributed by atoms with Crippen LogP contribution in [-0.2, 0) is 4.74 Å². The van der Waals surface area contributed by atoms with Crippen LogP contribution >= 0.6 is 7.92 Å². The van der Waals surface area contributed by atoms with Crippen molar-refractivity contribution in [2.45, 2.75) is 26.8 Å². The van der Waals surface area contributed by atoms with Crippen molar-refractivity contribution in [3.63, 3.8) is 0 Å². The third kappa shape index (κ3) is 3.73. The topological polar surface area (TPSA) is 23.3 Å². The normalized spacial score (nSPS) is 21.9. The van der Waals surface area contributed by atoms with Gasteiger partial charge < -0.3 is 10.1 Å². The maximum Gasteiger partial charge on any atom is 0.0729 e. The minimum atomic E-state index is -0.649. The molecule has 0 radical (unpaired) electrons. The van der Waals surface area contributed by atoms with Crippen LogP contribution in [0.5, 0.6) is 0 Å². The first-order chi connectivity index (χ1) is 13.0. The van der Waals surface area contributed by atoms with Crippen LogP contribution in [0.3, 0.4) is 0 Å². The molecule has 0 N–H and O–H groups in total. The molecule has 0 spiro atoms. The van der Waals surface area contributed by atoms with Gasteiger partial charge in [-0.1, -0.05) is 106 Å². The third-order valence-corrected chi connectivity index (χ3v) is 7.44. The molecule has 2 aliphatic rings. The lowest BCUT2D eigenvalue weighted by Crippen LogP contribution is -2.25. The van der Waals surface area contributed by atoms with E-state index in [-0.39, 0.29) is 11.5 Å². The van der Waals surface area contributed by atoms with E-state index in [2.05, 4.69) is 99.7 Å². The standard InChI is InChI=1S/C24H25NOP/c1-24(2,3)22-17-26-23(25-22)20-15-10-16-21(20)27(18-11-6-4-7-12-18)19-13-8-5-9-14-19/h4-16,22H,17H2,1-3H3/q-1. The largest absolute Gasteiger partial charge is 0.648 e. The molecule has 0 saturated carbocycles. The first-order valence-corrected chi connectivity index (χ1v) is 10.7. The molecule has 2 aromatic rings. The van der Waals surface area contributed by atoms with Gasteiger partial charge in [-0.2, -0.15) is 0 Å². The van der Waals surface area contributed by atoms with Gasteiger partial charge in [0.05, 0.1) is 6.61 Å². The number of rotatable bonds is 3. The summed E-state index contributed by atoms with van der Waals surface area (Å²) >= 11 is 0. The molecule has 2 aromatic carbocycles. The Hall–Kier alpha value is -2.31. The van der Waals surface area contributed by atoms with Crippen molar-refractivity contribution < 1.29 is 4.74 Å². The van der Waals surface area contributed by atoms with E-state index in [0.29, 0.717) is 6.61 Å². The molecule has 1 heterocycles. The van der Waals surface area contributed by atoms with Gasteiger partial charge in [-0.3, -0.25) is 0 Å². The molecule has 2 nitrogen and oxygen atoms in total. The van der Waals surface area contributed by atoms with Gasteiger partial charge in [0.15, 0.2) is 0 Å². The fourth-order valence-electron chi connectivity index (χ4n) is 3.33. The highest BCUT2D eigenvalue weighted by Crippen LogP contribution is 2.51. The zero-order chi connectivity index (χ0) is 18.9. The Kier molecular flexibility index (Phi) is 4.93. The number of nitrogens with zero attached hydrogens (tertiary/aromatic N) is 1.